The molecule has 0 aliphatic heterocycles. The van der Waals surface area contributed by atoms with Crippen molar-refractivity contribution in [2.45, 2.75) is 19.6 Å². The number of hydrogen-bond acceptors (Lipinski definition) is 13. The molecule has 0 atom stereocenters. The molecule has 0 aliphatic rings. The van der Waals surface area contributed by atoms with E-state index in [1.807, 2.05) is 0 Å². The fourth-order valence-electron chi connectivity index (χ4n) is 3.78. The van der Waals surface area contributed by atoms with Gasteiger partial charge in [-0.25, -0.2) is 0 Å². The summed E-state index contributed by atoms with van der Waals surface area (Å²) in [5.41, 5.74) is -1.77. The van der Waals surface area contributed by atoms with E-state index in [0.29, 0.717) is 42.5 Å². The van der Waals surface area contributed by atoms with Crippen LogP contribution in [0.4, 0.5) is 11.4 Å². The Labute approximate surface area is 343 Å². The molecule has 0 saturated carbocycles. The zero-order chi connectivity index (χ0) is 30.9. The second kappa shape index (κ2) is 15.7. The van der Waals surface area contributed by atoms with Crippen molar-refractivity contribution < 1.29 is 67.2 Å². The molecule has 0 aromatic heterocycles. The number of phenolic OH excluding ortho intramolecular Hbond substituents is 3. The quantitative estimate of drug-likeness (QED) is 0.0771. The fourth-order valence-corrected chi connectivity index (χ4v) is 6.05. The van der Waals surface area contributed by atoms with Crippen molar-refractivity contribution in [1.29, 1.82) is 0 Å². The van der Waals surface area contributed by atoms with Crippen LogP contribution in [-0.4, -0.2) is 185 Å². The number of hydrogen-bond donors (Lipinski definition) is 7. The Morgan fingerprint density at radius 1 is 0.467 bits per heavy atom. The molecular weight excluding hydrogens is 728 g/mol. The molecule has 4 rings (SSSR count). The van der Waals surface area contributed by atoms with E-state index in [9.17, 15) is 67.2 Å². The zero-order valence-electron chi connectivity index (χ0n) is 19.5. The molecule has 0 unspecified atom stereocenters. The average molecular weight is 747 g/mol. The summed E-state index contributed by atoms with van der Waals surface area (Å²) in [4.78, 5) is -3.95. The molecule has 7 N–H and O–H groups in total. The molecule has 0 amide bonds. The topological polar surface area (TPSA) is 303 Å². The van der Waals surface area contributed by atoms with Crippen LogP contribution in [0.3, 0.4) is 0 Å². The number of benzene rings is 4. The third-order valence-electron chi connectivity index (χ3n) is 5.49. The summed E-state index contributed by atoms with van der Waals surface area (Å²) in [5, 5.41) is 36.5. The fraction of sp³-hybridized carbons (Fsp3) is 0. The van der Waals surface area contributed by atoms with Crippen molar-refractivity contribution in [3.05, 3.63) is 42.5 Å². The first kappa shape index (κ1) is 45.0. The Morgan fingerprint density at radius 2 is 0.844 bits per heavy atom. The van der Waals surface area contributed by atoms with Crippen LogP contribution in [-0.2, 0) is 40.5 Å². The van der Waals surface area contributed by atoms with Crippen LogP contribution >= 0.6 is 0 Å². The van der Waals surface area contributed by atoms with Gasteiger partial charge < -0.3 is 15.3 Å². The van der Waals surface area contributed by atoms with Crippen molar-refractivity contribution in [1.82, 2.24) is 0 Å². The SMILES string of the molecule is O=S(=O)(O)c1cc(O)c2c(N=Nc3c(S(=O)(=O)O)cc4cc(S(=O)(=O)O)cc(O)c4c3O)cc(S(=O)(=O)O)cc2c1.[NaH].[NaH].[NaH].[NaH]. The van der Waals surface area contributed by atoms with Gasteiger partial charge in [0.05, 0.1) is 31.1 Å². The molecule has 4 aromatic rings. The average Bonchev–Trinajstić information content (AvgIpc) is 2.80. The predicted octanol–water partition coefficient (Wildman–Crippen LogP) is -0.0820. The van der Waals surface area contributed by atoms with Crippen molar-refractivity contribution in [2.75, 3.05) is 0 Å². The number of phenols is 3. The third kappa shape index (κ3) is 9.82. The Bertz CT molecular complexity index is 2290. The molecule has 0 heterocycles. The minimum atomic E-state index is -5.30. The summed E-state index contributed by atoms with van der Waals surface area (Å²) in [6.45, 7) is 0. The zero-order valence-corrected chi connectivity index (χ0v) is 22.7. The van der Waals surface area contributed by atoms with Gasteiger partial charge in [0, 0.05) is 12.1 Å². The minimum absolute atomic E-state index is 0. The van der Waals surface area contributed by atoms with E-state index in [1.165, 1.54) is 0 Å². The van der Waals surface area contributed by atoms with E-state index in [0.717, 1.165) is 0 Å². The Morgan fingerprint density at radius 3 is 1.24 bits per heavy atom. The van der Waals surface area contributed by atoms with E-state index in [-0.39, 0.29) is 118 Å². The second-order valence-electron chi connectivity index (χ2n) is 8.20. The third-order valence-corrected chi connectivity index (χ3v) is 8.85. The van der Waals surface area contributed by atoms with Gasteiger partial charge in [-0.2, -0.15) is 33.7 Å². The molecule has 17 nitrogen and oxygen atoms in total. The number of fused-ring (bicyclic) bond motifs is 2. The molecule has 25 heteroatoms. The number of azo groups is 1. The second-order valence-corrected chi connectivity index (χ2v) is 13.9. The first-order valence-electron chi connectivity index (χ1n) is 10.2. The van der Waals surface area contributed by atoms with E-state index >= 15 is 0 Å². The van der Waals surface area contributed by atoms with Gasteiger partial charge in [0.1, 0.15) is 22.1 Å². The van der Waals surface area contributed by atoms with Crippen LogP contribution in [0.15, 0.2) is 72.3 Å². The van der Waals surface area contributed by atoms with E-state index in [4.69, 9.17) is 0 Å². The molecule has 4 aromatic carbocycles. The molecule has 0 saturated heterocycles. The summed E-state index contributed by atoms with van der Waals surface area (Å²) < 4.78 is 132. The van der Waals surface area contributed by atoms with Gasteiger partial charge in [-0.05, 0) is 41.1 Å². The Hall–Kier alpha value is 0.0400. The van der Waals surface area contributed by atoms with Gasteiger partial charge in [0.2, 0.25) is 0 Å². The molecule has 226 valence electrons. The normalized spacial score (nSPS) is 12.2. The molecular formula is C20H18N2Na4O15S4. The van der Waals surface area contributed by atoms with Gasteiger partial charge in [-0.1, -0.05) is 0 Å². The van der Waals surface area contributed by atoms with Crippen LogP contribution in [0.5, 0.6) is 17.2 Å². The molecule has 0 fully saturated rings. The van der Waals surface area contributed by atoms with Crippen LogP contribution in [0.25, 0.3) is 21.5 Å². The standard InChI is InChI=1S/C20H14N2O15S4.4Na.4H/c23-14-6-11(39(29,30)31)2-8-1-10(38(26,27)28)5-13(17(8)14)21-22-19-16(41(35,36)37)4-9-3-12(40(32,33)34)7-15(24)18(9)20(19)25;;;;;;;;/h1-7,23-25H,(H,26,27,28)(H,29,30,31)(H,32,33,34)(H,35,36,37);;;;;;;;. The maximum atomic E-state index is 12.1. The van der Waals surface area contributed by atoms with Crippen LogP contribution in [0.1, 0.15) is 0 Å². The van der Waals surface area contributed by atoms with Crippen molar-refractivity contribution in [2.24, 2.45) is 10.2 Å². The van der Waals surface area contributed by atoms with E-state index in [1.54, 1.807) is 0 Å². The molecule has 0 aliphatic carbocycles. The van der Waals surface area contributed by atoms with Gasteiger partial charge in [0.15, 0.2) is 5.75 Å². The predicted molar refractivity (Wildman–Crippen MR) is 165 cm³/mol. The van der Waals surface area contributed by atoms with E-state index in [2.05, 4.69) is 10.2 Å². The molecule has 0 radical (unpaired) electrons. The molecule has 0 bridgehead atoms. The molecule has 0 spiro atoms. The van der Waals surface area contributed by atoms with Crippen molar-refractivity contribution in [3.63, 3.8) is 0 Å². The van der Waals surface area contributed by atoms with Crippen LogP contribution < -0.4 is 0 Å². The maximum absolute atomic E-state index is 12.1. The van der Waals surface area contributed by atoms with E-state index < -0.39 is 110 Å². The summed E-state index contributed by atoms with van der Waals surface area (Å²) in [7, 11) is -20.2. The Kier molecular flexibility index (Phi) is 15.7. The monoisotopic (exact) mass is 746 g/mol. The van der Waals surface area contributed by atoms with Crippen LogP contribution in [0, 0.1) is 0 Å². The summed E-state index contributed by atoms with van der Waals surface area (Å²) in [6, 6.07) is 4.24. The summed E-state index contributed by atoms with van der Waals surface area (Å²) in [5.74, 6) is -3.12. The number of nitrogens with zero attached hydrogens (tertiary/aromatic N) is 2. The Balaban J connectivity index is 0.00000484. The first-order chi connectivity index (χ1) is 18.6. The van der Waals surface area contributed by atoms with Gasteiger partial charge >= 0.3 is 118 Å². The van der Waals surface area contributed by atoms with Crippen LogP contribution in [0.2, 0.25) is 0 Å². The van der Waals surface area contributed by atoms with Gasteiger partial charge in [-0.3, -0.25) is 18.2 Å². The van der Waals surface area contributed by atoms with Crippen molar-refractivity contribution in [3.8, 4) is 17.2 Å². The van der Waals surface area contributed by atoms with Gasteiger partial charge in [-0.15, -0.1) is 10.2 Å². The summed E-state index contributed by atoms with van der Waals surface area (Å²) >= 11 is 0. The molecule has 45 heavy (non-hydrogen) atoms. The van der Waals surface area contributed by atoms with Gasteiger partial charge in [0.25, 0.3) is 40.5 Å². The number of rotatable bonds is 6. The number of aromatic hydroxyl groups is 3. The summed E-state index contributed by atoms with van der Waals surface area (Å²) in [6.07, 6.45) is 0. The first-order valence-corrected chi connectivity index (χ1v) is 16.0. The van der Waals surface area contributed by atoms with Crippen molar-refractivity contribution >= 4 is 192 Å².